The molecule has 1 saturated carbocycles. The average molecular weight is 335 g/mol. The van der Waals surface area contributed by atoms with Crippen LogP contribution in [0.15, 0.2) is 10.5 Å². The van der Waals surface area contributed by atoms with Crippen molar-refractivity contribution in [2.75, 3.05) is 13.1 Å². The molecule has 0 radical (unpaired) electrons. The lowest BCUT2D eigenvalue weighted by atomic mass is 9.94. The molecule has 1 aromatic rings. The number of carboxylic acids is 1. The Balaban J connectivity index is 1.87. The first-order valence-corrected chi connectivity index (χ1v) is 8.61. The molecule has 1 N–H and O–H groups in total. The van der Waals surface area contributed by atoms with Crippen LogP contribution in [-0.2, 0) is 11.2 Å². The molecule has 1 aliphatic heterocycles. The van der Waals surface area contributed by atoms with Gasteiger partial charge in [-0.3, -0.25) is 4.79 Å². The van der Waals surface area contributed by atoms with Crippen molar-refractivity contribution in [1.82, 2.24) is 4.90 Å². The van der Waals surface area contributed by atoms with Gasteiger partial charge in [-0.15, -0.1) is 0 Å². The number of rotatable bonds is 3. The van der Waals surface area contributed by atoms with E-state index in [4.69, 9.17) is 9.15 Å². The Bertz CT molecular complexity index is 654. The average Bonchev–Trinajstić information content (AvgIpc) is 3.11. The lowest BCUT2D eigenvalue weighted by Gasteiger charge is -2.48. The third-order valence-electron chi connectivity index (χ3n) is 4.92. The van der Waals surface area contributed by atoms with Crippen LogP contribution in [0.3, 0.4) is 0 Å². The molecule has 1 saturated heterocycles. The number of amides is 1. The fourth-order valence-corrected chi connectivity index (χ4v) is 4.07. The minimum atomic E-state index is -1.07. The first kappa shape index (κ1) is 17.0. The summed E-state index contributed by atoms with van der Waals surface area (Å²) < 4.78 is 11.9. The van der Waals surface area contributed by atoms with Crippen LogP contribution in [0.25, 0.3) is 0 Å². The number of aromatic carboxylic acids is 1. The predicted molar refractivity (Wildman–Crippen MR) is 87.3 cm³/mol. The number of aryl methyl sites for hydroxylation is 1. The van der Waals surface area contributed by atoms with E-state index in [9.17, 15) is 14.7 Å². The van der Waals surface area contributed by atoms with Gasteiger partial charge in [0, 0.05) is 19.0 Å². The van der Waals surface area contributed by atoms with Crippen molar-refractivity contribution in [3.05, 3.63) is 23.2 Å². The second-order valence-corrected chi connectivity index (χ2v) is 7.52. The van der Waals surface area contributed by atoms with Gasteiger partial charge in [0.1, 0.15) is 11.3 Å². The number of hydrogen-bond acceptors (Lipinski definition) is 4. The smallest absolute Gasteiger partial charge is 0.339 e. The fraction of sp³-hybridized carbons (Fsp3) is 0.667. The van der Waals surface area contributed by atoms with E-state index in [1.54, 1.807) is 4.90 Å². The maximum atomic E-state index is 12.9. The SMILES string of the molecule is CCc1oc(C(=O)N2CC(C)(C)OC3(CCCC3)C2)cc1C(=O)O. The molecule has 1 spiro atoms. The Morgan fingerprint density at radius 3 is 2.46 bits per heavy atom. The molecule has 0 atom stereocenters. The minimum absolute atomic E-state index is 0.0731. The van der Waals surface area contributed by atoms with Gasteiger partial charge >= 0.3 is 5.97 Å². The number of carbonyl (C=O) groups is 2. The highest BCUT2D eigenvalue weighted by molar-refractivity contribution is 5.96. The quantitative estimate of drug-likeness (QED) is 0.918. The van der Waals surface area contributed by atoms with Crippen molar-refractivity contribution in [3.63, 3.8) is 0 Å². The number of carboxylic acid groups (broad SMARTS) is 1. The zero-order chi connectivity index (χ0) is 17.5. The van der Waals surface area contributed by atoms with Gasteiger partial charge in [-0.2, -0.15) is 0 Å². The highest BCUT2D eigenvalue weighted by Gasteiger charge is 2.47. The number of hydrogen-bond donors (Lipinski definition) is 1. The van der Waals surface area contributed by atoms with Crippen LogP contribution in [0.1, 0.15) is 73.1 Å². The summed E-state index contributed by atoms with van der Waals surface area (Å²) in [7, 11) is 0. The van der Waals surface area contributed by atoms with Crippen molar-refractivity contribution in [2.24, 2.45) is 0 Å². The third-order valence-corrected chi connectivity index (χ3v) is 4.92. The van der Waals surface area contributed by atoms with Crippen molar-refractivity contribution in [2.45, 2.75) is 64.1 Å². The third kappa shape index (κ3) is 3.07. The number of nitrogens with zero attached hydrogens (tertiary/aromatic N) is 1. The van der Waals surface area contributed by atoms with Crippen LogP contribution in [0, 0.1) is 0 Å². The summed E-state index contributed by atoms with van der Waals surface area (Å²) in [6.07, 6.45) is 4.58. The molecule has 0 aromatic carbocycles. The van der Waals surface area contributed by atoms with Crippen LogP contribution < -0.4 is 0 Å². The maximum Gasteiger partial charge on any atom is 0.339 e. The van der Waals surface area contributed by atoms with Crippen LogP contribution in [0.4, 0.5) is 0 Å². The van der Waals surface area contributed by atoms with E-state index in [2.05, 4.69) is 0 Å². The lowest BCUT2D eigenvalue weighted by molar-refractivity contribution is -0.185. The highest BCUT2D eigenvalue weighted by atomic mass is 16.5. The van der Waals surface area contributed by atoms with E-state index < -0.39 is 11.6 Å². The summed E-state index contributed by atoms with van der Waals surface area (Å²) in [5.41, 5.74) is -0.620. The lowest BCUT2D eigenvalue weighted by Crippen LogP contribution is -2.60. The van der Waals surface area contributed by atoms with Crippen LogP contribution in [0.5, 0.6) is 0 Å². The van der Waals surface area contributed by atoms with E-state index in [1.165, 1.54) is 6.07 Å². The number of morpholine rings is 1. The van der Waals surface area contributed by atoms with Crippen LogP contribution in [-0.4, -0.2) is 46.2 Å². The molecule has 1 amide bonds. The predicted octanol–water partition coefficient (Wildman–Crippen LogP) is 3.10. The van der Waals surface area contributed by atoms with Crippen molar-refractivity contribution >= 4 is 11.9 Å². The van der Waals surface area contributed by atoms with Gasteiger partial charge in [0.05, 0.1) is 17.7 Å². The van der Waals surface area contributed by atoms with Gasteiger partial charge in [-0.1, -0.05) is 19.8 Å². The Hall–Kier alpha value is -1.82. The second kappa shape index (κ2) is 5.92. The molecule has 2 fully saturated rings. The van der Waals surface area contributed by atoms with Gasteiger partial charge in [0.25, 0.3) is 5.91 Å². The van der Waals surface area contributed by atoms with Gasteiger partial charge in [-0.25, -0.2) is 4.79 Å². The van der Waals surface area contributed by atoms with Crippen molar-refractivity contribution in [3.8, 4) is 0 Å². The molecule has 0 unspecified atom stereocenters. The largest absolute Gasteiger partial charge is 0.478 e. The molecule has 6 nitrogen and oxygen atoms in total. The second-order valence-electron chi connectivity index (χ2n) is 7.52. The van der Waals surface area contributed by atoms with E-state index in [0.717, 1.165) is 25.7 Å². The fourth-order valence-electron chi connectivity index (χ4n) is 4.07. The van der Waals surface area contributed by atoms with E-state index in [-0.39, 0.29) is 22.8 Å². The molecule has 1 aromatic heterocycles. The zero-order valence-electron chi connectivity index (χ0n) is 14.6. The molecule has 0 bridgehead atoms. The summed E-state index contributed by atoms with van der Waals surface area (Å²) in [5.74, 6) is -0.867. The molecule has 3 rings (SSSR count). The summed E-state index contributed by atoms with van der Waals surface area (Å²) in [4.78, 5) is 26.0. The number of furan rings is 1. The van der Waals surface area contributed by atoms with Crippen LogP contribution >= 0.6 is 0 Å². The molecule has 1 aliphatic carbocycles. The Morgan fingerprint density at radius 2 is 1.92 bits per heavy atom. The molecule has 2 heterocycles. The normalized spacial score (nSPS) is 22.0. The number of ether oxygens (including phenoxy) is 1. The minimum Gasteiger partial charge on any atom is -0.478 e. The molecule has 2 aliphatic rings. The van der Waals surface area contributed by atoms with E-state index in [1.807, 2.05) is 20.8 Å². The van der Waals surface area contributed by atoms with Crippen molar-refractivity contribution < 1.29 is 23.8 Å². The summed E-state index contributed by atoms with van der Waals surface area (Å²) in [6.45, 7) is 6.81. The molecular weight excluding hydrogens is 310 g/mol. The molecule has 132 valence electrons. The zero-order valence-corrected chi connectivity index (χ0v) is 14.6. The first-order chi connectivity index (χ1) is 11.3. The van der Waals surface area contributed by atoms with Gasteiger partial charge in [0.15, 0.2) is 5.76 Å². The Labute approximate surface area is 141 Å². The molecule has 6 heteroatoms. The monoisotopic (exact) mass is 335 g/mol. The summed E-state index contributed by atoms with van der Waals surface area (Å²) in [5, 5.41) is 9.25. The molecular formula is C18H25NO5. The molecule has 24 heavy (non-hydrogen) atoms. The van der Waals surface area contributed by atoms with Crippen LogP contribution in [0.2, 0.25) is 0 Å². The highest BCUT2D eigenvalue weighted by Crippen LogP contribution is 2.41. The topological polar surface area (TPSA) is 80.0 Å². The Kier molecular flexibility index (Phi) is 4.20. The van der Waals surface area contributed by atoms with Gasteiger partial charge in [0.2, 0.25) is 0 Å². The van der Waals surface area contributed by atoms with Gasteiger partial charge in [-0.05, 0) is 26.7 Å². The van der Waals surface area contributed by atoms with Crippen molar-refractivity contribution in [1.29, 1.82) is 0 Å². The Morgan fingerprint density at radius 1 is 1.25 bits per heavy atom. The standard InChI is InChI=1S/C18H25NO5/c1-4-13-12(16(21)22)9-14(23-13)15(20)19-10-17(2,3)24-18(11-19)7-5-6-8-18/h9H,4-8,10-11H2,1-3H3,(H,21,22). The van der Waals surface area contributed by atoms with Gasteiger partial charge < -0.3 is 19.2 Å². The first-order valence-electron chi connectivity index (χ1n) is 8.61. The summed E-state index contributed by atoms with van der Waals surface area (Å²) >= 11 is 0. The summed E-state index contributed by atoms with van der Waals surface area (Å²) in [6, 6.07) is 1.35. The number of carbonyl (C=O) groups excluding carboxylic acids is 1. The maximum absolute atomic E-state index is 12.9. The van der Waals surface area contributed by atoms with E-state index in [0.29, 0.717) is 25.3 Å². The van der Waals surface area contributed by atoms with E-state index >= 15 is 0 Å².